The van der Waals surface area contributed by atoms with E-state index in [0.717, 1.165) is 30.1 Å². The van der Waals surface area contributed by atoms with Gasteiger partial charge in [0.15, 0.2) is 17.5 Å². The van der Waals surface area contributed by atoms with E-state index in [4.69, 9.17) is 21.1 Å². The normalized spacial score (nSPS) is 10.8. The summed E-state index contributed by atoms with van der Waals surface area (Å²) in [7, 11) is 3.01. The van der Waals surface area contributed by atoms with Gasteiger partial charge in [0, 0.05) is 18.1 Å². The molecule has 0 aromatic heterocycles. The molecule has 0 spiro atoms. The van der Waals surface area contributed by atoms with Gasteiger partial charge in [0.1, 0.15) is 0 Å². The van der Waals surface area contributed by atoms with E-state index in [1.165, 1.54) is 19.8 Å². The Hall–Kier alpha value is -1.87. The van der Waals surface area contributed by atoms with Crippen LogP contribution in [0.15, 0.2) is 41.4 Å². The number of phenols is 1. The van der Waals surface area contributed by atoms with Gasteiger partial charge in [-0.25, -0.2) is 4.99 Å². The fraction of sp³-hybridized carbons (Fsp3) is 0.350. The van der Waals surface area contributed by atoms with Crippen molar-refractivity contribution < 1.29 is 14.6 Å². The van der Waals surface area contributed by atoms with Gasteiger partial charge in [0.05, 0.1) is 20.8 Å². The molecule has 0 atom stereocenters. The average Bonchev–Trinajstić information content (AvgIpc) is 2.67. The second kappa shape index (κ2) is 12.6. The van der Waals surface area contributed by atoms with Crippen molar-refractivity contribution in [3.8, 4) is 17.2 Å². The van der Waals surface area contributed by atoms with Gasteiger partial charge in [-0.2, -0.15) is 0 Å². The Morgan fingerprint density at radius 3 is 2.32 bits per heavy atom. The Labute approximate surface area is 188 Å². The SMILES string of the molecule is CCNC(=NCc1cc(OC)c(O)c(OC)c1)NCCc1cccc(Cl)c1.I. The van der Waals surface area contributed by atoms with Gasteiger partial charge in [0.25, 0.3) is 0 Å². The quantitative estimate of drug-likeness (QED) is 0.280. The maximum absolute atomic E-state index is 10.00. The third-order valence-corrected chi connectivity index (χ3v) is 4.13. The molecule has 0 heterocycles. The van der Waals surface area contributed by atoms with Crippen molar-refractivity contribution in [3.05, 3.63) is 52.5 Å². The number of hydrogen-bond acceptors (Lipinski definition) is 4. The van der Waals surface area contributed by atoms with Crippen LogP contribution in [-0.4, -0.2) is 38.4 Å². The van der Waals surface area contributed by atoms with Gasteiger partial charge in [-0.05, 0) is 48.7 Å². The van der Waals surface area contributed by atoms with Crippen LogP contribution in [0.25, 0.3) is 0 Å². The Kier molecular flexibility index (Phi) is 10.8. The largest absolute Gasteiger partial charge is 0.502 e. The lowest BCUT2D eigenvalue weighted by atomic mass is 10.1. The van der Waals surface area contributed by atoms with Crippen LogP contribution in [0.1, 0.15) is 18.1 Å². The smallest absolute Gasteiger partial charge is 0.200 e. The van der Waals surface area contributed by atoms with Crippen LogP contribution >= 0.6 is 35.6 Å². The fourth-order valence-electron chi connectivity index (χ4n) is 2.57. The number of ether oxygens (including phenoxy) is 2. The predicted molar refractivity (Wildman–Crippen MR) is 125 cm³/mol. The summed E-state index contributed by atoms with van der Waals surface area (Å²) in [5.74, 6) is 1.42. The number of aliphatic imine (C=N–C) groups is 1. The highest BCUT2D eigenvalue weighted by Crippen LogP contribution is 2.37. The van der Waals surface area contributed by atoms with Crippen molar-refractivity contribution in [1.29, 1.82) is 0 Å². The highest BCUT2D eigenvalue weighted by molar-refractivity contribution is 14.0. The average molecular weight is 520 g/mol. The van der Waals surface area contributed by atoms with Gasteiger partial charge in [-0.1, -0.05) is 23.7 Å². The summed E-state index contributed by atoms with van der Waals surface area (Å²) in [5.41, 5.74) is 2.03. The summed E-state index contributed by atoms with van der Waals surface area (Å²) in [6.07, 6.45) is 0.839. The molecule has 0 saturated heterocycles. The molecule has 3 N–H and O–H groups in total. The highest BCUT2D eigenvalue weighted by Gasteiger charge is 2.11. The number of methoxy groups -OCH3 is 2. The monoisotopic (exact) mass is 519 g/mol. The van der Waals surface area contributed by atoms with E-state index in [1.807, 2.05) is 31.2 Å². The number of benzene rings is 2. The predicted octanol–water partition coefficient (Wildman–Crippen LogP) is 3.98. The standard InChI is InChI=1S/C20H26ClN3O3.HI/c1-4-22-20(23-9-8-14-6-5-7-16(21)10-14)24-13-15-11-17(26-2)19(25)18(12-15)27-3;/h5-7,10-12,25H,4,8-9,13H2,1-3H3,(H2,22,23,24);1H. The molecule has 6 nitrogen and oxygen atoms in total. The lowest BCUT2D eigenvalue weighted by Gasteiger charge is -2.13. The molecule has 0 radical (unpaired) electrons. The summed E-state index contributed by atoms with van der Waals surface area (Å²) in [4.78, 5) is 4.59. The topological polar surface area (TPSA) is 75.1 Å². The number of aromatic hydroxyl groups is 1. The number of guanidine groups is 1. The van der Waals surface area contributed by atoms with E-state index in [0.29, 0.717) is 24.0 Å². The van der Waals surface area contributed by atoms with Crippen LogP contribution in [0.5, 0.6) is 17.2 Å². The molecule has 2 aromatic rings. The van der Waals surface area contributed by atoms with Crippen LogP contribution in [0.3, 0.4) is 0 Å². The first-order valence-corrected chi connectivity index (χ1v) is 9.15. The van der Waals surface area contributed by atoms with Gasteiger partial charge in [0.2, 0.25) is 5.75 Å². The second-order valence-corrected chi connectivity index (χ2v) is 6.29. The number of rotatable bonds is 8. The molecule has 8 heteroatoms. The number of phenolic OH excluding ortho intramolecular Hbond substituents is 1. The molecule has 2 aromatic carbocycles. The van der Waals surface area contributed by atoms with Crippen molar-refractivity contribution in [3.63, 3.8) is 0 Å². The van der Waals surface area contributed by atoms with Crippen LogP contribution in [0.4, 0.5) is 0 Å². The Morgan fingerprint density at radius 2 is 1.75 bits per heavy atom. The minimum atomic E-state index is -0.0146. The minimum absolute atomic E-state index is 0. The van der Waals surface area contributed by atoms with Crippen molar-refractivity contribution in [2.45, 2.75) is 19.9 Å². The first-order chi connectivity index (χ1) is 13.1. The highest BCUT2D eigenvalue weighted by atomic mass is 127. The summed E-state index contributed by atoms with van der Waals surface area (Å²) in [6.45, 7) is 3.92. The lowest BCUT2D eigenvalue weighted by Crippen LogP contribution is -2.38. The van der Waals surface area contributed by atoms with Crippen molar-refractivity contribution in [2.24, 2.45) is 4.99 Å². The molecular formula is C20H27ClIN3O3. The maximum atomic E-state index is 10.00. The van der Waals surface area contributed by atoms with E-state index >= 15 is 0 Å². The van der Waals surface area contributed by atoms with Gasteiger partial charge in [-0.15, -0.1) is 24.0 Å². The Balaban J connectivity index is 0.00000392. The summed E-state index contributed by atoms with van der Waals surface area (Å²) < 4.78 is 10.4. The fourth-order valence-corrected chi connectivity index (χ4v) is 2.78. The number of hydrogen-bond donors (Lipinski definition) is 3. The van der Waals surface area contributed by atoms with E-state index in [2.05, 4.69) is 15.6 Å². The zero-order valence-corrected chi connectivity index (χ0v) is 19.4. The van der Waals surface area contributed by atoms with Gasteiger partial charge >= 0.3 is 0 Å². The van der Waals surface area contributed by atoms with Crippen molar-refractivity contribution >= 4 is 41.5 Å². The van der Waals surface area contributed by atoms with Gasteiger partial charge < -0.3 is 25.2 Å². The number of nitrogens with one attached hydrogen (secondary N) is 2. The van der Waals surface area contributed by atoms with E-state index < -0.39 is 0 Å². The third-order valence-electron chi connectivity index (χ3n) is 3.90. The van der Waals surface area contributed by atoms with Crippen molar-refractivity contribution in [2.75, 3.05) is 27.3 Å². The molecule has 0 amide bonds. The molecule has 0 fully saturated rings. The molecule has 28 heavy (non-hydrogen) atoms. The zero-order valence-electron chi connectivity index (χ0n) is 16.3. The summed E-state index contributed by atoms with van der Waals surface area (Å²) in [5, 5.41) is 17.3. The maximum Gasteiger partial charge on any atom is 0.200 e. The molecule has 0 unspecified atom stereocenters. The Bertz CT molecular complexity index is 762. The van der Waals surface area contributed by atoms with Crippen LogP contribution in [0.2, 0.25) is 5.02 Å². The third kappa shape index (κ3) is 7.27. The van der Waals surface area contributed by atoms with E-state index in [1.54, 1.807) is 12.1 Å². The van der Waals surface area contributed by atoms with Crippen LogP contribution in [0, 0.1) is 0 Å². The van der Waals surface area contributed by atoms with Crippen LogP contribution < -0.4 is 20.1 Å². The Morgan fingerprint density at radius 1 is 1.07 bits per heavy atom. The lowest BCUT2D eigenvalue weighted by molar-refractivity contribution is 0.339. The zero-order chi connectivity index (χ0) is 19.6. The molecule has 0 bridgehead atoms. The molecule has 0 saturated carbocycles. The summed E-state index contributed by atoms with van der Waals surface area (Å²) >= 11 is 6.02. The number of nitrogens with zero attached hydrogens (tertiary/aromatic N) is 1. The molecule has 0 aliphatic rings. The minimum Gasteiger partial charge on any atom is -0.502 e. The molecule has 2 rings (SSSR count). The number of halogens is 2. The molecule has 154 valence electrons. The van der Waals surface area contributed by atoms with Gasteiger partial charge in [-0.3, -0.25) is 0 Å². The molecule has 0 aliphatic heterocycles. The molecular weight excluding hydrogens is 493 g/mol. The second-order valence-electron chi connectivity index (χ2n) is 5.85. The first-order valence-electron chi connectivity index (χ1n) is 8.77. The summed E-state index contributed by atoms with van der Waals surface area (Å²) in [6, 6.07) is 11.3. The van der Waals surface area contributed by atoms with Crippen LogP contribution in [-0.2, 0) is 13.0 Å². The van der Waals surface area contributed by atoms with E-state index in [-0.39, 0.29) is 29.7 Å². The van der Waals surface area contributed by atoms with Crippen molar-refractivity contribution in [1.82, 2.24) is 10.6 Å². The van der Waals surface area contributed by atoms with E-state index in [9.17, 15) is 5.11 Å². The molecule has 0 aliphatic carbocycles. The first kappa shape index (κ1) is 24.2.